The number of carbonyl (C=O) groups is 2. The first-order valence-electron chi connectivity index (χ1n) is 10.5. The summed E-state index contributed by atoms with van der Waals surface area (Å²) < 4.78 is 0. The Hall–Kier alpha value is -2.37. The summed E-state index contributed by atoms with van der Waals surface area (Å²) in [5, 5.41) is 0.607. The summed E-state index contributed by atoms with van der Waals surface area (Å²) in [6, 6.07) is 17.0. The maximum atomic E-state index is 13.4. The van der Waals surface area contributed by atoms with Crippen LogP contribution in [0, 0.1) is 5.92 Å². The van der Waals surface area contributed by atoms with Crippen molar-refractivity contribution in [2.24, 2.45) is 5.92 Å². The number of nitrogens with zero attached hydrogens (tertiary/aromatic N) is 3. The van der Waals surface area contributed by atoms with E-state index < -0.39 is 0 Å². The number of likely N-dealkylation sites (N-methyl/N-ethyl adjacent to an activating group) is 1. The van der Waals surface area contributed by atoms with Crippen molar-refractivity contribution in [2.75, 3.05) is 40.3 Å². The Balaban J connectivity index is 1.69. The molecule has 30 heavy (non-hydrogen) atoms. The van der Waals surface area contributed by atoms with Crippen molar-refractivity contribution in [3.8, 4) is 0 Å². The summed E-state index contributed by atoms with van der Waals surface area (Å²) in [5.41, 5.74) is 1.73. The molecule has 0 N–H and O–H groups in total. The molecule has 1 atom stereocenters. The molecule has 3 rings (SSSR count). The summed E-state index contributed by atoms with van der Waals surface area (Å²) in [4.78, 5) is 32.2. The Morgan fingerprint density at radius 3 is 2.40 bits per heavy atom. The monoisotopic (exact) mass is 427 g/mol. The number of carbonyl (C=O) groups excluding carboxylic acids is 2. The summed E-state index contributed by atoms with van der Waals surface area (Å²) in [6.45, 7) is 3.21. The molecule has 6 heteroatoms. The molecule has 1 fully saturated rings. The molecular weight excluding hydrogens is 398 g/mol. The molecule has 5 nitrogen and oxygen atoms in total. The third kappa shape index (κ3) is 6.07. The molecule has 0 aliphatic carbocycles. The van der Waals surface area contributed by atoms with Gasteiger partial charge in [0.05, 0.1) is 5.92 Å². The number of halogens is 1. The zero-order valence-electron chi connectivity index (χ0n) is 17.8. The Morgan fingerprint density at radius 1 is 1.03 bits per heavy atom. The van der Waals surface area contributed by atoms with Crippen molar-refractivity contribution in [3.63, 3.8) is 0 Å². The molecule has 160 valence electrons. The fraction of sp³-hybridized carbons (Fsp3) is 0.417. The summed E-state index contributed by atoms with van der Waals surface area (Å²) in [5.74, 6) is -0.0674. The molecule has 1 aliphatic rings. The Morgan fingerprint density at radius 2 is 1.73 bits per heavy atom. The van der Waals surface area contributed by atoms with Gasteiger partial charge in [0.2, 0.25) is 5.91 Å². The van der Waals surface area contributed by atoms with Crippen molar-refractivity contribution in [2.45, 2.75) is 19.4 Å². The number of amides is 2. The van der Waals surface area contributed by atoms with Crippen LogP contribution >= 0.6 is 11.6 Å². The molecule has 2 aromatic carbocycles. The Bertz CT molecular complexity index is 839. The van der Waals surface area contributed by atoms with Crippen molar-refractivity contribution < 1.29 is 9.59 Å². The van der Waals surface area contributed by atoms with E-state index in [0.717, 1.165) is 24.9 Å². The van der Waals surface area contributed by atoms with E-state index in [2.05, 4.69) is 4.90 Å². The molecule has 1 unspecified atom stereocenters. The van der Waals surface area contributed by atoms with Crippen LogP contribution in [-0.4, -0.2) is 66.8 Å². The second-order valence-electron chi connectivity index (χ2n) is 8.15. The van der Waals surface area contributed by atoms with Crippen LogP contribution in [0.1, 0.15) is 28.8 Å². The highest BCUT2D eigenvalue weighted by molar-refractivity contribution is 6.30. The van der Waals surface area contributed by atoms with Crippen LogP contribution in [0.15, 0.2) is 54.6 Å². The van der Waals surface area contributed by atoms with Gasteiger partial charge in [-0.25, -0.2) is 0 Å². The minimum absolute atomic E-state index is 0.0351. The van der Waals surface area contributed by atoms with Gasteiger partial charge in [0.15, 0.2) is 0 Å². The molecule has 1 aliphatic heterocycles. The van der Waals surface area contributed by atoms with Crippen molar-refractivity contribution in [1.82, 2.24) is 14.7 Å². The van der Waals surface area contributed by atoms with E-state index in [1.807, 2.05) is 54.2 Å². The van der Waals surface area contributed by atoms with Gasteiger partial charge in [-0.1, -0.05) is 41.9 Å². The lowest BCUT2D eigenvalue weighted by Crippen LogP contribution is -2.47. The maximum absolute atomic E-state index is 13.4. The first-order valence-corrected chi connectivity index (χ1v) is 10.8. The largest absolute Gasteiger partial charge is 0.338 e. The fourth-order valence-corrected chi connectivity index (χ4v) is 3.91. The van der Waals surface area contributed by atoms with E-state index in [4.69, 9.17) is 11.6 Å². The van der Waals surface area contributed by atoms with Crippen LogP contribution in [0.5, 0.6) is 0 Å². The molecular formula is C24H30ClN3O2. The minimum atomic E-state index is -0.166. The van der Waals surface area contributed by atoms with Crippen molar-refractivity contribution in [3.05, 3.63) is 70.7 Å². The van der Waals surface area contributed by atoms with Gasteiger partial charge in [0.1, 0.15) is 0 Å². The number of piperidine rings is 1. The van der Waals surface area contributed by atoms with Crippen LogP contribution in [0.4, 0.5) is 0 Å². The third-order valence-electron chi connectivity index (χ3n) is 5.49. The first kappa shape index (κ1) is 22.3. The summed E-state index contributed by atoms with van der Waals surface area (Å²) >= 11 is 5.94. The van der Waals surface area contributed by atoms with Crippen LogP contribution < -0.4 is 0 Å². The lowest BCUT2D eigenvalue weighted by molar-refractivity contribution is -0.137. The molecule has 1 saturated heterocycles. The quantitative estimate of drug-likeness (QED) is 0.675. The van der Waals surface area contributed by atoms with E-state index in [9.17, 15) is 9.59 Å². The first-order chi connectivity index (χ1) is 14.4. The van der Waals surface area contributed by atoms with Gasteiger partial charge in [-0.05, 0) is 56.8 Å². The molecule has 0 aromatic heterocycles. The van der Waals surface area contributed by atoms with Gasteiger partial charge in [0, 0.05) is 43.3 Å². The van der Waals surface area contributed by atoms with E-state index in [1.165, 1.54) is 0 Å². The minimum Gasteiger partial charge on any atom is -0.338 e. The summed E-state index contributed by atoms with van der Waals surface area (Å²) in [6.07, 6.45) is 1.65. The lowest BCUT2D eigenvalue weighted by atomic mass is 9.95. The number of rotatable bonds is 7. The van der Waals surface area contributed by atoms with Gasteiger partial charge < -0.3 is 14.7 Å². The van der Waals surface area contributed by atoms with Gasteiger partial charge >= 0.3 is 0 Å². The molecule has 0 bridgehead atoms. The Labute approximate surface area is 184 Å². The number of benzene rings is 2. The number of hydrogen-bond acceptors (Lipinski definition) is 3. The van der Waals surface area contributed by atoms with Crippen LogP contribution in [0.2, 0.25) is 5.02 Å². The SMILES string of the molecule is CN(C)CCN(Cc1ccccc1)C(=O)C1CCCN(C(=O)c2ccc(Cl)cc2)C1. The zero-order valence-corrected chi connectivity index (χ0v) is 18.5. The van der Waals surface area contributed by atoms with E-state index in [-0.39, 0.29) is 17.7 Å². The van der Waals surface area contributed by atoms with Crippen LogP contribution in [0.3, 0.4) is 0 Å². The topological polar surface area (TPSA) is 43.9 Å². The highest BCUT2D eigenvalue weighted by atomic mass is 35.5. The molecule has 1 heterocycles. The predicted octanol–water partition coefficient (Wildman–Crippen LogP) is 3.78. The van der Waals surface area contributed by atoms with E-state index in [1.54, 1.807) is 24.3 Å². The normalized spacial score (nSPS) is 16.5. The van der Waals surface area contributed by atoms with Gasteiger partial charge in [-0.3, -0.25) is 9.59 Å². The number of hydrogen-bond donors (Lipinski definition) is 0. The highest BCUT2D eigenvalue weighted by Crippen LogP contribution is 2.22. The van der Waals surface area contributed by atoms with Gasteiger partial charge in [-0.2, -0.15) is 0 Å². The third-order valence-corrected chi connectivity index (χ3v) is 5.75. The standard InChI is InChI=1S/C24H30ClN3O2/c1-26(2)15-16-28(17-19-7-4-3-5-8-19)24(30)21-9-6-14-27(18-21)23(29)20-10-12-22(25)13-11-20/h3-5,7-8,10-13,21H,6,9,14-18H2,1-2H3. The van der Waals surface area contributed by atoms with Crippen molar-refractivity contribution in [1.29, 1.82) is 0 Å². The summed E-state index contributed by atoms with van der Waals surface area (Å²) in [7, 11) is 4.02. The number of likely N-dealkylation sites (tertiary alicyclic amines) is 1. The highest BCUT2D eigenvalue weighted by Gasteiger charge is 2.31. The second kappa shape index (κ2) is 10.6. The fourth-order valence-electron chi connectivity index (χ4n) is 3.79. The van der Waals surface area contributed by atoms with E-state index in [0.29, 0.717) is 36.8 Å². The van der Waals surface area contributed by atoms with Crippen LogP contribution in [0.25, 0.3) is 0 Å². The molecule has 2 amide bonds. The van der Waals surface area contributed by atoms with E-state index >= 15 is 0 Å². The molecule has 0 saturated carbocycles. The second-order valence-corrected chi connectivity index (χ2v) is 8.58. The smallest absolute Gasteiger partial charge is 0.253 e. The Kier molecular flexibility index (Phi) is 7.88. The molecule has 0 radical (unpaired) electrons. The van der Waals surface area contributed by atoms with Crippen molar-refractivity contribution >= 4 is 23.4 Å². The average molecular weight is 428 g/mol. The van der Waals surface area contributed by atoms with Gasteiger partial charge in [0.25, 0.3) is 5.91 Å². The maximum Gasteiger partial charge on any atom is 0.253 e. The molecule has 0 spiro atoms. The lowest BCUT2D eigenvalue weighted by Gasteiger charge is -2.35. The molecule has 2 aromatic rings. The zero-order chi connectivity index (χ0) is 21.5. The average Bonchev–Trinajstić information content (AvgIpc) is 2.77. The van der Waals surface area contributed by atoms with Gasteiger partial charge in [-0.15, -0.1) is 0 Å². The van der Waals surface area contributed by atoms with Crippen LogP contribution in [-0.2, 0) is 11.3 Å². The predicted molar refractivity (Wildman–Crippen MR) is 120 cm³/mol.